The molecular weight excluding hydrogens is 192 g/mol. The molecule has 0 bridgehead atoms. The van der Waals surface area contributed by atoms with Gasteiger partial charge in [0, 0.05) is 19.1 Å². The molecule has 0 aromatic heterocycles. The average molecular weight is 216 g/mol. The normalized spacial score (nSPS) is 26.4. The largest absolute Gasteiger partial charge is 0.392 e. The van der Waals surface area contributed by atoms with Gasteiger partial charge in [0.25, 0.3) is 0 Å². The van der Waals surface area contributed by atoms with E-state index in [1.165, 1.54) is 0 Å². The maximum Gasteiger partial charge on any atom is 0.0693 e. The first kappa shape index (κ1) is 12.9. The lowest BCUT2D eigenvalue weighted by Gasteiger charge is -2.16. The molecule has 0 spiro atoms. The lowest BCUT2D eigenvalue weighted by Crippen LogP contribution is -2.37. The maximum absolute atomic E-state index is 9.55. The van der Waals surface area contributed by atoms with Crippen LogP contribution in [0.25, 0.3) is 0 Å². The third kappa shape index (κ3) is 5.47. The molecule has 1 rings (SSSR count). The Balaban J connectivity index is 1.88. The number of hydrogen-bond acceptors (Lipinski definition) is 4. The number of nitrogens with one attached hydrogen (secondary N) is 1. The van der Waals surface area contributed by atoms with Crippen LogP contribution in [-0.2, 0) is 4.74 Å². The number of hydrogen-bond donors (Lipinski definition) is 2. The van der Waals surface area contributed by atoms with Crippen LogP contribution in [0.5, 0.6) is 0 Å². The van der Waals surface area contributed by atoms with Crippen molar-refractivity contribution >= 4 is 0 Å². The lowest BCUT2D eigenvalue weighted by molar-refractivity contribution is 0.107. The van der Waals surface area contributed by atoms with Crippen LogP contribution in [0.3, 0.4) is 0 Å². The molecule has 0 aromatic carbocycles. The molecule has 0 saturated heterocycles. The van der Waals surface area contributed by atoms with Crippen molar-refractivity contribution in [2.24, 2.45) is 0 Å². The highest BCUT2D eigenvalue weighted by atomic mass is 16.5. The van der Waals surface area contributed by atoms with Crippen molar-refractivity contribution in [2.45, 2.75) is 31.4 Å². The summed E-state index contributed by atoms with van der Waals surface area (Å²) < 4.78 is 5.45. The van der Waals surface area contributed by atoms with Crippen molar-refractivity contribution in [3.63, 3.8) is 0 Å². The van der Waals surface area contributed by atoms with Gasteiger partial charge in [0.1, 0.15) is 0 Å². The van der Waals surface area contributed by atoms with Gasteiger partial charge in [-0.25, -0.2) is 0 Å². The zero-order valence-corrected chi connectivity index (χ0v) is 9.91. The number of ether oxygens (including phenoxy) is 1. The van der Waals surface area contributed by atoms with Gasteiger partial charge >= 0.3 is 0 Å². The Kier molecular flexibility index (Phi) is 6.17. The highest BCUT2D eigenvalue weighted by Crippen LogP contribution is 2.18. The molecule has 1 aliphatic rings. The molecule has 1 aliphatic carbocycles. The fraction of sp³-hybridized carbons (Fsp3) is 1.00. The minimum atomic E-state index is -0.147. The molecule has 0 aromatic rings. The summed E-state index contributed by atoms with van der Waals surface area (Å²) in [4.78, 5) is 2.11. The molecule has 2 atom stereocenters. The van der Waals surface area contributed by atoms with Gasteiger partial charge in [-0.1, -0.05) is 0 Å². The Morgan fingerprint density at radius 3 is 2.73 bits per heavy atom. The van der Waals surface area contributed by atoms with E-state index < -0.39 is 0 Å². The predicted octanol–water partition coefficient (Wildman–Crippen LogP) is 0.0676. The molecule has 0 heterocycles. The van der Waals surface area contributed by atoms with Gasteiger partial charge in [0.2, 0.25) is 0 Å². The van der Waals surface area contributed by atoms with E-state index in [0.717, 1.165) is 45.6 Å². The summed E-state index contributed by atoms with van der Waals surface area (Å²) in [7, 11) is 4.08. The fourth-order valence-corrected chi connectivity index (χ4v) is 1.84. The van der Waals surface area contributed by atoms with Crippen molar-refractivity contribution in [1.82, 2.24) is 10.2 Å². The number of aliphatic hydroxyl groups is 1. The van der Waals surface area contributed by atoms with Gasteiger partial charge < -0.3 is 20.1 Å². The Hall–Kier alpha value is -0.160. The topological polar surface area (TPSA) is 44.7 Å². The predicted molar refractivity (Wildman–Crippen MR) is 61.0 cm³/mol. The van der Waals surface area contributed by atoms with E-state index in [1.807, 2.05) is 14.1 Å². The summed E-state index contributed by atoms with van der Waals surface area (Å²) in [5, 5.41) is 12.9. The van der Waals surface area contributed by atoms with Crippen LogP contribution in [0.1, 0.15) is 19.3 Å². The molecule has 15 heavy (non-hydrogen) atoms. The molecule has 4 heteroatoms. The molecule has 0 radical (unpaired) electrons. The summed E-state index contributed by atoms with van der Waals surface area (Å²) in [6.45, 7) is 3.32. The van der Waals surface area contributed by atoms with E-state index >= 15 is 0 Å². The van der Waals surface area contributed by atoms with E-state index in [0.29, 0.717) is 6.04 Å². The number of nitrogens with zero attached hydrogens (tertiary/aromatic N) is 1. The quantitative estimate of drug-likeness (QED) is 0.591. The van der Waals surface area contributed by atoms with Crippen molar-refractivity contribution in [1.29, 1.82) is 0 Å². The number of rotatable bonds is 7. The van der Waals surface area contributed by atoms with Gasteiger partial charge in [0.15, 0.2) is 0 Å². The first-order chi connectivity index (χ1) is 7.20. The first-order valence-corrected chi connectivity index (χ1v) is 5.84. The Labute approximate surface area is 92.6 Å². The first-order valence-electron chi connectivity index (χ1n) is 5.84. The van der Waals surface area contributed by atoms with Gasteiger partial charge in [-0.15, -0.1) is 0 Å². The van der Waals surface area contributed by atoms with E-state index in [9.17, 15) is 5.11 Å². The van der Waals surface area contributed by atoms with Crippen LogP contribution < -0.4 is 5.32 Å². The monoisotopic (exact) mass is 216 g/mol. The average Bonchev–Trinajstić information content (AvgIpc) is 2.57. The number of aliphatic hydroxyl groups excluding tert-OH is 1. The van der Waals surface area contributed by atoms with Crippen LogP contribution >= 0.6 is 0 Å². The molecule has 0 aliphatic heterocycles. The van der Waals surface area contributed by atoms with Crippen molar-refractivity contribution < 1.29 is 9.84 Å². The minimum absolute atomic E-state index is 0.147. The third-order valence-electron chi connectivity index (χ3n) is 2.82. The van der Waals surface area contributed by atoms with Gasteiger partial charge in [-0.3, -0.25) is 0 Å². The minimum Gasteiger partial charge on any atom is -0.392 e. The third-order valence-corrected chi connectivity index (χ3v) is 2.82. The Morgan fingerprint density at radius 2 is 2.13 bits per heavy atom. The second-order valence-electron chi connectivity index (χ2n) is 4.47. The summed E-state index contributed by atoms with van der Waals surface area (Å²) in [5.41, 5.74) is 0. The Morgan fingerprint density at radius 1 is 1.33 bits per heavy atom. The van der Waals surface area contributed by atoms with Crippen LogP contribution in [-0.4, -0.2) is 62.6 Å². The van der Waals surface area contributed by atoms with Crippen molar-refractivity contribution in [3.05, 3.63) is 0 Å². The molecule has 4 nitrogen and oxygen atoms in total. The van der Waals surface area contributed by atoms with Crippen LogP contribution in [0.2, 0.25) is 0 Å². The molecule has 2 N–H and O–H groups in total. The van der Waals surface area contributed by atoms with Crippen molar-refractivity contribution in [2.75, 3.05) is 40.4 Å². The second-order valence-corrected chi connectivity index (χ2v) is 4.47. The van der Waals surface area contributed by atoms with Gasteiger partial charge in [-0.05, 0) is 33.4 Å². The van der Waals surface area contributed by atoms with Crippen LogP contribution in [0.15, 0.2) is 0 Å². The SMILES string of the molecule is CN(C)CCOCCNC1CCCC1O. The molecule has 90 valence electrons. The highest BCUT2D eigenvalue weighted by molar-refractivity contribution is 4.82. The highest BCUT2D eigenvalue weighted by Gasteiger charge is 2.23. The maximum atomic E-state index is 9.55. The molecule has 1 fully saturated rings. The summed E-state index contributed by atoms with van der Waals surface area (Å²) in [6.07, 6.45) is 3.03. The van der Waals surface area contributed by atoms with E-state index in [4.69, 9.17) is 4.74 Å². The zero-order valence-electron chi connectivity index (χ0n) is 9.91. The molecule has 1 saturated carbocycles. The van der Waals surface area contributed by atoms with E-state index in [2.05, 4.69) is 10.2 Å². The van der Waals surface area contributed by atoms with Gasteiger partial charge in [0.05, 0.1) is 19.3 Å². The standard InChI is InChI=1S/C11H24N2O2/c1-13(2)7-9-15-8-6-12-10-4-3-5-11(10)14/h10-12,14H,3-9H2,1-2H3. The van der Waals surface area contributed by atoms with Crippen LogP contribution in [0.4, 0.5) is 0 Å². The summed E-state index contributed by atoms with van der Waals surface area (Å²) in [6, 6.07) is 0.294. The van der Waals surface area contributed by atoms with Crippen LogP contribution in [0, 0.1) is 0 Å². The van der Waals surface area contributed by atoms with E-state index in [-0.39, 0.29) is 6.10 Å². The summed E-state index contributed by atoms with van der Waals surface area (Å²) in [5.74, 6) is 0. The van der Waals surface area contributed by atoms with E-state index in [1.54, 1.807) is 0 Å². The van der Waals surface area contributed by atoms with Gasteiger partial charge in [-0.2, -0.15) is 0 Å². The molecule has 2 unspecified atom stereocenters. The second kappa shape index (κ2) is 7.17. The zero-order chi connectivity index (χ0) is 11.1. The Bertz CT molecular complexity index is 165. The number of likely N-dealkylation sites (N-methyl/N-ethyl adjacent to an activating group) is 1. The molecule has 0 amide bonds. The smallest absolute Gasteiger partial charge is 0.0693 e. The molecular formula is C11H24N2O2. The summed E-state index contributed by atoms with van der Waals surface area (Å²) >= 11 is 0. The van der Waals surface area contributed by atoms with Crippen molar-refractivity contribution in [3.8, 4) is 0 Å². The fourth-order valence-electron chi connectivity index (χ4n) is 1.84. The lowest BCUT2D eigenvalue weighted by atomic mass is 10.2.